The third-order valence-corrected chi connectivity index (χ3v) is 2.24. The smallest absolute Gasteiger partial charge is 0.330 e. The summed E-state index contributed by atoms with van der Waals surface area (Å²) in [6.07, 6.45) is 4.71. The molecule has 0 radical (unpaired) electrons. The monoisotopic (exact) mass is 255 g/mol. The van der Waals surface area contributed by atoms with E-state index in [1.165, 1.54) is 13.2 Å². The van der Waals surface area contributed by atoms with Gasteiger partial charge in [0.05, 0.1) is 12.8 Å². The highest BCUT2D eigenvalue weighted by Gasteiger charge is 1.93. The molecule has 0 fully saturated rings. The van der Waals surface area contributed by atoms with Crippen molar-refractivity contribution < 1.29 is 9.53 Å². The standard InChI is InChI=1S/C10H10BrNO2/c1-14-10(13)5-4-9-3-2-8(6-11)7-12-9/h2-5,7H,6H2,1H3/b5-4+. The Kier molecular flexibility index (Phi) is 4.32. The van der Waals surface area contributed by atoms with E-state index in [1.54, 1.807) is 12.3 Å². The summed E-state index contributed by atoms with van der Waals surface area (Å²) in [6.45, 7) is 0. The molecule has 0 aliphatic rings. The van der Waals surface area contributed by atoms with Crippen LogP contribution in [0.5, 0.6) is 0 Å². The van der Waals surface area contributed by atoms with Crippen molar-refractivity contribution in [2.45, 2.75) is 5.33 Å². The lowest BCUT2D eigenvalue weighted by molar-refractivity contribution is -0.134. The molecule has 74 valence electrons. The summed E-state index contributed by atoms with van der Waals surface area (Å²) in [5.41, 5.74) is 1.83. The van der Waals surface area contributed by atoms with E-state index in [0.717, 1.165) is 16.6 Å². The zero-order valence-electron chi connectivity index (χ0n) is 7.74. The van der Waals surface area contributed by atoms with Crippen molar-refractivity contribution in [1.82, 2.24) is 4.98 Å². The van der Waals surface area contributed by atoms with Gasteiger partial charge in [0.2, 0.25) is 0 Å². The van der Waals surface area contributed by atoms with Crippen molar-refractivity contribution in [3.05, 3.63) is 35.7 Å². The average Bonchev–Trinajstić information content (AvgIpc) is 2.26. The highest BCUT2D eigenvalue weighted by Crippen LogP contribution is 2.05. The highest BCUT2D eigenvalue weighted by molar-refractivity contribution is 9.08. The van der Waals surface area contributed by atoms with Gasteiger partial charge in [-0.05, 0) is 17.7 Å². The molecule has 0 spiro atoms. The van der Waals surface area contributed by atoms with Crippen LogP contribution in [-0.4, -0.2) is 18.1 Å². The van der Waals surface area contributed by atoms with Crippen LogP contribution in [0.2, 0.25) is 0 Å². The Morgan fingerprint density at radius 1 is 1.64 bits per heavy atom. The van der Waals surface area contributed by atoms with E-state index in [-0.39, 0.29) is 5.97 Å². The quantitative estimate of drug-likeness (QED) is 0.472. The van der Waals surface area contributed by atoms with E-state index in [9.17, 15) is 4.79 Å². The maximum atomic E-state index is 10.8. The fraction of sp³-hybridized carbons (Fsp3) is 0.200. The predicted molar refractivity (Wildman–Crippen MR) is 57.9 cm³/mol. The molecule has 1 aromatic heterocycles. The van der Waals surface area contributed by atoms with Gasteiger partial charge in [-0.25, -0.2) is 4.79 Å². The van der Waals surface area contributed by atoms with Crippen LogP contribution in [0.25, 0.3) is 6.08 Å². The van der Waals surface area contributed by atoms with Gasteiger partial charge in [0.1, 0.15) is 0 Å². The predicted octanol–water partition coefficient (Wildman–Crippen LogP) is 2.16. The van der Waals surface area contributed by atoms with Crippen LogP contribution in [-0.2, 0) is 14.9 Å². The zero-order valence-corrected chi connectivity index (χ0v) is 9.32. The van der Waals surface area contributed by atoms with Gasteiger partial charge in [-0.2, -0.15) is 0 Å². The Balaban J connectivity index is 2.68. The van der Waals surface area contributed by atoms with Crippen LogP contribution >= 0.6 is 15.9 Å². The van der Waals surface area contributed by atoms with Crippen molar-refractivity contribution in [2.24, 2.45) is 0 Å². The van der Waals surface area contributed by atoms with Crippen LogP contribution in [0, 0.1) is 0 Å². The minimum atomic E-state index is -0.378. The Labute approximate surface area is 90.9 Å². The SMILES string of the molecule is COC(=O)/C=C/c1ccc(CBr)cn1. The molecule has 4 heteroatoms. The minimum Gasteiger partial charge on any atom is -0.466 e. The molecule has 0 aromatic carbocycles. The van der Waals surface area contributed by atoms with Gasteiger partial charge in [-0.3, -0.25) is 4.98 Å². The summed E-state index contributed by atoms with van der Waals surface area (Å²) in [6, 6.07) is 3.79. The van der Waals surface area contributed by atoms with Gasteiger partial charge in [0.15, 0.2) is 0 Å². The van der Waals surface area contributed by atoms with Gasteiger partial charge < -0.3 is 4.74 Å². The zero-order chi connectivity index (χ0) is 10.4. The summed E-state index contributed by atoms with van der Waals surface area (Å²) in [7, 11) is 1.34. The van der Waals surface area contributed by atoms with E-state index < -0.39 is 0 Å². The number of nitrogens with zero attached hydrogens (tertiary/aromatic N) is 1. The molecule has 0 aliphatic heterocycles. The lowest BCUT2D eigenvalue weighted by atomic mass is 10.2. The fourth-order valence-corrected chi connectivity index (χ4v) is 1.17. The van der Waals surface area contributed by atoms with Gasteiger partial charge in [0.25, 0.3) is 0 Å². The van der Waals surface area contributed by atoms with E-state index in [1.807, 2.05) is 12.1 Å². The summed E-state index contributed by atoms with van der Waals surface area (Å²) in [5, 5.41) is 0.779. The third kappa shape index (κ3) is 3.30. The van der Waals surface area contributed by atoms with E-state index in [0.29, 0.717) is 0 Å². The Hall–Kier alpha value is -1.16. The molecule has 3 nitrogen and oxygen atoms in total. The van der Waals surface area contributed by atoms with Crippen molar-refractivity contribution in [1.29, 1.82) is 0 Å². The van der Waals surface area contributed by atoms with Gasteiger partial charge in [-0.15, -0.1) is 0 Å². The molecule has 0 aliphatic carbocycles. The summed E-state index contributed by atoms with van der Waals surface area (Å²) in [4.78, 5) is 14.9. The van der Waals surface area contributed by atoms with E-state index >= 15 is 0 Å². The molecule has 0 saturated heterocycles. The van der Waals surface area contributed by atoms with Crippen LogP contribution in [0.15, 0.2) is 24.4 Å². The second kappa shape index (κ2) is 5.54. The first kappa shape index (κ1) is 10.9. The number of pyridine rings is 1. The number of aromatic nitrogens is 1. The first-order valence-corrected chi connectivity index (χ1v) is 5.15. The maximum absolute atomic E-state index is 10.8. The van der Waals surface area contributed by atoms with Crippen LogP contribution in [0.4, 0.5) is 0 Å². The van der Waals surface area contributed by atoms with Gasteiger partial charge in [-0.1, -0.05) is 22.0 Å². The second-order valence-corrected chi connectivity index (χ2v) is 3.14. The molecule has 0 N–H and O–H groups in total. The maximum Gasteiger partial charge on any atom is 0.330 e. The Bertz CT molecular complexity index is 332. The lowest BCUT2D eigenvalue weighted by Gasteiger charge is -1.95. The summed E-state index contributed by atoms with van der Waals surface area (Å²) in [5.74, 6) is -0.378. The van der Waals surface area contributed by atoms with Gasteiger partial charge >= 0.3 is 5.97 Å². The fourth-order valence-electron chi connectivity index (χ4n) is 0.835. The minimum absolute atomic E-state index is 0.378. The van der Waals surface area contributed by atoms with Crippen molar-refractivity contribution in [2.75, 3.05) is 7.11 Å². The second-order valence-electron chi connectivity index (χ2n) is 2.58. The molecular formula is C10H10BrNO2. The molecule has 1 aromatic rings. The van der Waals surface area contributed by atoms with Crippen molar-refractivity contribution >= 4 is 28.0 Å². The molecule has 0 amide bonds. The van der Waals surface area contributed by atoms with E-state index in [4.69, 9.17) is 0 Å². The molecule has 1 rings (SSSR count). The molecule has 0 saturated carbocycles. The topological polar surface area (TPSA) is 39.2 Å². The van der Waals surface area contributed by atoms with Crippen LogP contribution in [0.3, 0.4) is 0 Å². The third-order valence-electron chi connectivity index (χ3n) is 1.59. The first-order valence-electron chi connectivity index (χ1n) is 4.03. The molecule has 1 heterocycles. The van der Waals surface area contributed by atoms with Crippen LogP contribution in [0.1, 0.15) is 11.3 Å². The van der Waals surface area contributed by atoms with Crippen molar-refractivity contribution in [3.8, 4) is 0 Å². The largest absolute Gasteiger partial charge is 0.466 e. The number of esters is 1. The molecule has 14 heavy (non-hydrogen) atoms. The number of ether oxygens (including phenoxy) is 1. The van der Waals surface area contributed by atoms with Gasteiger partial charge in [0, 0.05) is 17.6 Å². The average molecular weight is 256 g/mol. The van der Waals surface area contributed by atoms with E-state index in [2.05, 4.69) is 25.7 Å². The van der Waals surface area contributed by atoms with Crippen LogP contribution < -0.4 is 0 Å². The summed E-state index contributed by atoms with van der Waals surface area (Å²) < 4.78 is 4.46. The first-order chi connectivity index (χ1) is 6.76. The number of methoxy groups -OCH3 is 1. The number of hydrogen-bond acceptors (Lipinski definition) is 3. The molecule has 0 atom stereocenters. The lowest BCUT2D eigenvalue weighted by Crippen LogP contribution is -1.93. The summed E-state index contributed by atoms with van der Waals surface area (Å²) >= 11 is 3.32. The number of rotatable bonds is 3. The number of hydrogen-bond donors (Lipinski definition) is 0. The molecular weight excluding hydrogens is 246 g/mol. The Morgan fingerprint density at radius 2 is 2.43 bits per heavy atom. The Morgan fingerprint density at radius 3 is 2.93 bits per heavy atom. The highest BCUT2D eigenvalue weighted by atomic mass is 79.9. The molecule has 0 unspecified atom stereocenters. The number of carbonyl (C=O) groups is 1. The molecule has 0 bridgehead atoms. The normalized spacial score (nSPS) is 10.4. The van der Waals surface area contributed by atoms with Crippen molar-refractivity contribution in [3.63, 3.8) is 0 Å². The number of carbonyl (C=O) groups excluding carboxylic acids is 1. The number of halogens is 1. The number of alkyl halides is 1.